The summed E-state index contributed by atoms with van der Waals surface area (Å²) in [6.45, 7) is 4.31. The lowest BCUT2D eigenvalue weighted by atomic mass is 10.0. The van der Waals surface area contributed by atoms with Crippen molar-refractivity contribution in [1.82, 2.24) is 0 Å². The highest BCUT2D eigenvalue weighted by atomic mass is 16.5. The number of carbonyl (C=O) groups is 1. The number of hydrogen-bond acceptors (Lipinski definition) is 4. The van der Waals surface area contributed by atoms with Crippen LogP contribution >= 0.6 is 0 Å². The quantitative estimate of drug-likeness (QED) is 0.232. The van der Waals surface area contributed by atoms with Crippen LogP contribution in [0.3, 0.4) is 0 Å². The fourth-order valence-corrected chi connectivity index (χ4v) is 3.30. The molecule has 0 aromatic heterocycles. The van der Waals surface area contributed by atoms with Crippen LogP contribution in [0.15, 0.2) is 0 Å². The molecule has 0 aliphatic rings. The van der Waals surface area contributed by atoms with Crippen LogP contribution in [0.1, 0.15) is 117 Å². The van der Waals surface area contributed by atoms with Gasteiger partial charge in [0.1, 0.15) is 6.04 Å². The second-order valence-electron chi connectivity index (χ2n) is 7.58. The van der Waals surface area contributed by atoms with Gasteiger partial charge >= 0.3 is 5.97 Å². The van der Waals surface area contributed by atoms with Crippen LogP contribution in [0.25, 0.3) is 0 Å². The molecule has 0 rings (SSSR count). The first-order valence-electron chi connectivity index (χ1n) is 11.2. The molecular weight excluding hydrogens is 326 g/mol. The predicted octanol–water partition coefficient (Wildman–Crippen LogP) is 5.50. The van der Waals surface area contributed by atoms with Gasteiger partial charge in [0, 0.05) is 0 Å². The lowest BCUT2D eigenvalue weighted by Gasteiger charge is -2.17. The zero-order valence-electron chi connectivity index (χ0n) is 17.5. The molecule has 0 unspecified atom stereocenters. The summed E-state index contributed by atoms with van der Waals surface area (Å²) in [5.41, 5.74) is 5.68. The number of unbranched alkanes of at least 4 members (excludes halogenated alkanes) is 14. The Morgan fingerprint density at radius 1 is 0.769 bits per heavy atom. The number of carbonyl (C=O) groups excluding carboxylic acids is 1. The average Bonchev–Trinajstić information content (AvgIpc) is 2.64. The number of ether oxygens (including phenoxy) is 1. The molecule has 0 spiro atoms. The molecule has 0 aromatic carbocycles. The van der Waals surface area contributed by atoms with Crippen molar-refractivity contribution >= 4 is 5.97 Å². The average molecular weight is 372 g/mol. The van der Waals surface area contributed by atoms with Gasteiger partial charge in [0.05, 0.1) is 12.7 Å². The highest BCUT2D eigenvalue weighted by Crippen LogP contribution is 2.14. The van der Waals surface area contributed by atoms with Gasteiger partial charge in [0.25, 0.3) is 0 Å². The van der Waals surface area contributed by atoms with E-state index < -0.39 is 18.1 Å². The van der Waals surface area contributed by atoms with Crippen LogP contribution in [0.5, 0.6) is 0 Å². The van der Waals surface area contributed by atoms with Gasteiger partial charge in [-0.05, 0) is 13.3 Å². The van der Waals surface area contributed by atoms with Crippen molar-refractivity contribution in [3.05, 3.63) is 0 Å². The summed E-state index contributed by atoms with van der Waals surface area (Å²) in [6, 6.07) is -0.901. The molecular formula is C22H45NO3. The minimum absolute atomic E-state index is 0.304. The van der Waals surface area contributed by atoms with Gasteiger partial charge in [-0.2, -0.15) is 0 Å². The van der Waals surface area contributed by atoms with E-state index in [0.717, 1.165) is 12.8 Å². The molecule has 0 fully saturated rings. The van der Waals surface area contributed by atoms with Crippen molar-refractivity contribution in [2.45, 2.75) is 129 Å². The molecule has 0 saturated heterocycles. The number of nitrogens with two attached hydrogens (primary N) is 1. The van der Waals surface area contributed by atoms with Gasteiger partial charge in [-0.25, -0.2) is 0 Å². The molecule has 0 saturated carbocycles. The van der Waals surface area contributed by atoms with Crippen molar-refractivity contribution in [3.63, 3.8) is 0 Å². The molecule has 0 heterocycles. The topological polar surface area (TPSA) is 72.5 Å². The largest absolute Gasteiger partial charge is 0.465 e. The molecule has 0 amide bonds. The van der Waals surface area contributed by atoms with Crippen LogP contribution in [0, 0.1) is 0 Å². The monoisotopic (exact) mass is 371 g/mol. The Kier molecular flexibility index (Phi) is 18.7. The van der Waals surface area contributed by atoms with Gasteiger partial charge in [0.2, 0.25) is 0 Å². The third-order valence-corrected chi connectivity index (χ3v) is 5.08. The third-order valence-electron chi connectivity index (χ3n) is 5.08. The van der Waals surface area contributed by atoms with Crippen molar-refractivity contribution in [2.24, 2.45) is 5.73 Å². The van der Waals surface area contributed by atoms with Crippen LogP contribution in [0.2, 0.25) is 0 Å². The van der Waals surface area contributed by atoms with Crippen LogP contribution < -0.4 is 5.73 Å². The summed E-state index contributed by atoms with van der Waals surface area (Å²) < 4.78 is 4.83. The summed E-state index contributed by atoms with van der Waals surface area (Å²) in [5.74, 6) is -0.499. The normalized spacial score (nSPS) is 13.5. The van der Waals surface area contributed by atoms with Crippen LogP contribution in [-0.4, -0.2) is 29.8 Å². The smallest absolute Gasteiger partial charge is 0.325 e. The van der Waals surface area contributed by atoms with E-state index in [9.17, 15) is 9.90 Å². The number of aliphatic hydroxyl groups excluding tert-OH is 1. The Morgan fingerprint density at radius 2 is 1.15 bits per heavy atom. The SMILES string of the molecule is CCCCCCCCCCCCCCCCC[C@@H](O)[C@@H](N)C(=O)OCC. The lowest BCUT2D eigenvalue weighted by Crippen LogP contribution is -2.43. The highest BCUT2D eigenvalue weighted by Gasteiger charge is 2.23. The molecule has 0 aliphatic heterocycles. The first-order chi connectivity index (χ1) is 12.6. The minimum Gasteiger partial charge on any atom is -0.465 e. The molecule has 2 atom stereocenters. The van der Waals surface area contributed by atoms with Gasteiger partial charge in [0.15, 0.2) is 0 Å². The Labute approximate surface area is 162 Å². The van der Waals surface area contributed by atoms with Gasteiger partial charge in [-0.15, -0.1) is 0 Å². The molecule has 156 valence electrons. The molecule has 4 nitrogen and oxygen atoms in total. The fourth-order valence-electron chi connectivity index (χ4n) is 3.30. The maximum Gasteiger partial charge on any atom is 0.325 e. The van der Waals surface area contributed by atoms with E-state index in [1.807, 2.05) is 0 Å². The maximum atomic E-state index is 11.4. The summed E-state index contributed by atoms with van der Waals surface area (Å²) in [6.07, 6.45) is 19.6. The number of rotatable bonds is 19. The van der Waals surface area contributed by atoms with E-state index >= 15 is 0 Å². The molecule has 0 radical (unpaired) electrons. The summed E-state index contributed by atoms with van der Waals surface area (Å²) in [4.78, 5) is 11.4. The molecule has 0 bridgehead atoms. The minimum atomic E-state index is -0.901. The van der Waals surface area contributed by atoms with Gasteiger partial charge < -0.3 is 15.6 Å². The zero-order chi connectivity index (χ0) is 19.5. The highest BCUT2D eigenvalue weighted by molar-refractivity contribution is 5.76. The van der Waals surface area contributed by atoms with Crippen molar-refractivity contribution < 1.29 is 14.6 Å². The van der Waals surface area contributed by atoms with E-state index in [2.05, 4.69) is 6.92 Å². The van der Waals surface area contributed by atoms with E-state index in [0.29, 0.717) is 13.0 Å². The van der Waals surface area contributed by atoms with E-state index in [4.69, 9.17) is 10.5 Å². The Morgan fingerprint density at radius 3 is 1.54 bits per heavy atom. The maximum absolute atomic E-state index is 11.4. The van der Waals surface area contributed by atoms with Crippen molar-refractivity contribution in [1.29, 1.82) is 0 Å². The van der Waals surface area contributed by atoms with E-state index in [-0.39, 0.29) is 0 Å². The summed E-state index contributed by atoms with van der Waals surface area (Å²) >= 11 is 0. The Bertz CT molecular complexity index is 310. The standard InChI is InChI=1S/C22H45NO3/c1-3-5-6-7-8-9-10-11-12-13-14-15-16-17-18-19-20(24)21(23)22(25)26-4-2/h20-21,24H,3-19,23H2,1-2H3/t20-,21-/m1/s1. The Hall–Kier alpha value is -0.610. The molecule has 26 heavy (non-hydrogen) atoms. The summed E-state index contributed by atoms with van der Waals surface area (Å²) in [7, 11) is 0. The fraction of sp³-hybridized carbons (Fsp3) is 0.955. The van der Waals surface area contributed by atoms with E-state index in [1.165, 1.54) is 83.5 Å². The number of hydrogen-bond donors (Lipinski definition) is 2. The third kappa shape index (κ3) is 15.6. The second kappa shape index (κ2) is 19.2. The predicted molar refractivity (Wildman–Crippen MR) is 110 cm³/mol. The van der Waals surface area contributed by atoms with Gasteiger partial charge in [-0.3, -0.25) is 4.79 Å². The second-order valence-corrected chi connectivity index (χ2v) is 7.58. The number of esters is 1. The first kappa shape index (κ1) is 25.4. The number of aliphatic hydroxyl groups is 1. The molecule has 3 N–H and O–H groups in total. The molecule has 0 aromatic rings. The molecule has 0 aliphatic carbocycles. The summed E-state index contributed by atoms with van der Waals surface area (Å²) in [5, 5.41) is 9.89. The lowest BCUT2D eigenvalue weighted by molar-refractivity contribution is -0.147. The first-order valence-corrected chi connectivity index (χ1v) is 11.2. The van der Waals surface area contributed by atoms with Crippen molar-refractivity contribution in [3.8, 4) is 0 Å². The zero-order valence-corrected chi connectivity index (χ0v) is 17.5. The molecule has 4 heteroatoms. The van der Waals surface area contributed by atoms with Gasteiger partial charge in [-0.1, -0.05) is 103 Å². The van der Waals surface area contributed by atoms with Crippen molar-refractivity contribution in [2.75, 3.05) is 6.61 Å². The Balaban J connectivity index is 3.27. The van der Waals surface area contributed by atoms with Crippen LogP contribution in [0.4, 0.5) is 0 Å². The van der Waals surface area contributed by atoms with E-state index in [1.54, 1.807) is 6.92 Å². The van der Waals surface area contributed by atoms with Crippen LogP contribution in [-0.2, 0) is 9.53 Å².